The average molecular weight is 510 g/mol. The molecule has 5 nitrogen and oxygen atoms in total. The summed E-state index contributed by atoms with van der Waals surface area (Å²) in [6, 6.07) is 19.6. The Morgan fingerprint density at radius 1 is 1.14 bits per heavy atom. The second-order valence-corrected chi connectivity index (χ2v) is 11.1. The predicted molar refractivity (Wildman–Crippen MR) is 142 cm³/mol. The number of amides is 1. The van der Waals surface area contributed by atoms with Gasteiger partial charge in [0.1, 0.15) is 0 Å². The molecule has 0 saturated heterocycles. The van der Waals surface area contributed by atoms with Crippen molar-refractivity contribution in [1.82, 2.24) is 9.88 Å². The van der Waals surface area contributed by atoms with Crippen molar-refractivity contribution in [3.05, 3.63) is 94.8 Å². The highest BCUT2D eigenvalue weighted by molar-refractivity contribution is 7.84. The number of benzene rings is 2. The highest BCUT2D eigenvalue weighted by Crippen LogP contribution is 2.41. The number of hydrogen-bond acceptors (Lipinski definition) is 4. The smallest absolute Gasteiger partial charge is 0.255 e. The SMILES string of the molecule is CS(=O)c1cccc(CCN(C(=O)c2cccnc2)C2CCC(CN)(c3cccc(Cl)c3)CC2)c1. The first-order valence-corrected chi connectivity index (χ1v) is 13.9. The van der Waals surface area contributed by atoms with Gasteiger partial charge in [0.2, 0.25) is 0 Å². The summed E-state index contributed by atoms with van der Waals surface area (Å²) < 4.78 is 11.9. The van der Waals surface area contributed by atoms with Crippen LogP contribution in [-0.2, 0) is 22.6 Å². The van der Waals surface area contributed by atoms with Gasteiger partial charge in [-0.2, -0.15) is 0 Å². The summed E-state index contributed by atoms with van der Waals surface area (Å²) in [5, 5.41) is 0.723. The van der Waals surface area contributed by atoms with E-state index in [-0.39, 0.29) is 17.4 Å². The van der Waals surface area contributed by atoms with Crippen molar-refractivity contribution in [2.45, 2.75) is 48.5 Å². The van der Waals surface area contributed by atoms with Gasteiger partial charge in [0.15, 0.2) is 0 Å². The Hall–Kier alpha value is -2.54. The van der Waals surface area contributed by atoms with Crippen LogP contribution >= 0.6 is 11.6 Å². The summed E-state index contributed by atoms with van der Waals surface area (Å²) in [7, 11) is -1.04. The molecule has 1 saturated carbocycles. The van der Waals surface area contributed by atoms with Crippen molar-refractivity contribution in [2.24, 2.45) is 5.73 Å². The molecule has 1 aliphatic carbocycles. The van der Waals surface area contributed by atoms with Crippen molar-refractivity contribution in [2.75, 3.05) is 19.3 Å². The van der Waals surface area contributed by atoms with E-state index in [1.54, 1.807) is 24.7 Å². The minimum atomic E-state index is -1.04. The monoisotopic (exact) mass is 509 g/mol. The zero-order chi connectivity index (χ0) is 24.8. The van der Waals surface area contributed by atoms with Crippen LogP contribution in [0.2, 0.25) is 5.02 Å². The van der Waals surface area contributed by atoms with E-state index in [4.69, 9.17) is 17.3 Å². The molecule has 184 valence electrons. The Morgan fingerprint density at radius 2 is 1.91 bits per heavy atom. The molecule has 1 heterocycles. The first-order valence-electron chi connectivity index (χ1n) is 12.0. The molecule has 1 unspecified atom stereocenters. The van der Waals surface area contributed by atoms with Gasteiger partial charge >= 0.3 is 0 Å². The van der Waals surface area contributed by atoms with Gasteiger partial charge in [0, 0.05) is 63.9 Å². The van der Waals surface area contributed by atoms with Crippen molar-refractivity contribution >= 4 is 28.3 Å². The second-order valence-electron chi connectivity index (χ2n) is 9.32. The van der Waals surface area contributed by atoms with E-state index in [1.165, 1.54) is 5.56 Å². The second kappa shape index (κ2) is 11.5. The zero-order valence-electron chi connectivity index (χ0n) is 20.0. The van der Waals surface area contributed by atoms with Gasteiger partial charge in [-0.05, 0) is 79.6 Å². The number of aromatic nitrogens is 1. The van der Waals surface area contributed by atoms with Crippen molar-refractivity contribution in [3.63, 3.8) is 0 Å². The minimum absolute atomic E-state index is 0.00123. The Balaban J connectivity index is 1.54. The Bertz CT molecular complexity index is 1180. The third kappa shape index (κ3) is 6.00. The number of nitrogens with two attached hydrogens (primary N) is 1. The van der Waals surface area contributed by atoms with Crippen molar-refractivity contribution in [1.29, 1.82) is 0 Å². The number of rotatable bonds is 8. The highest BCUT2D eigenvalue weighted by Gasteiger charge is 2.38. The maximum Gasteiger partial charge on any atom is 0.255 e. The summed E-state index contributed by atoms with van der Waals surface area (Å²) in [4.78, 5) is 20.5. The van der Waals surface area contributed by atoms with Gasteiger partial charge in [-0.3, -0.25) is 14.0 Å². The van der Waals surface area contributed by atoms with Gasteiger partial charge in [-0.25, -0.2) is 0 Å². The van der Waals surface area contributed by atoms with Gasteiger partial charge in [0.05, 0.1) is 5.56 Å². The molecule has 4 rings (SSSR count). The summed E-state index contributed by atoms with van der Waals surface area (Å²) in [6.45, 7) is 1.14. The van der Waals surface area contributed by atoms with Crippen molar-refractivity contribution < 1.29 is 9.00 Å². The number of carbonyl (C=O) groups is 1. The van der Waals surface area contributed by atoms with E-state index >= 15 is 0 Å². The van der Waals surface area contributed by atoms with Crippen LogP contribution in [0.3, 0.4) is 0 Å². The number of carbonyl (C=O) groups excluding carboxylic acids is 1. The maximum absolute atomic E-state index is 13.6. The molecule has 0 radical (unpaired) electrons. The molecule has 1 aliphatic rings. The minimum Gasteiger partial charge on any atom is -0.335 e. The van der Waals surface area contributed by atoms with Crippen LogP contribution in [0.4, 0.5) is 0 Å². The average Bonchev–Trinajstić information content (AvgIpc) is 2.89. The van der Waals surface area contributed by atoms with Crippen LogP contribution in [0.5, 0.6) is 0 Å². The molecule has 0 bridgehead atoms. The van der Waals surface area contributed by atoms with Gasteiger partial charge in [-0.1, -0.05) is 35.9 Å². The van der Waals surface area contributed by atoms with Crippen LogP contribution in [0, 0.1) is 0 Å². The molecule has 0 spiro atoms. The fourth-order valence-corrected chi connectivity index (χ4v) is 5.91. The third-order valence-electron chi connectivity index (χ3n) is 7.22. The molecule has 35 heavy (non-hydrogen) atoms. The molecule has 0 aliphatic heterocycles. The first kappa shape index (κ1) is 25.5. The lowest BCUT2D eigenvalue weighted by molar-refractivity contribution is 0.0597. The molecule has 7 heteroatoms. The van der Waals surface area contributed by atoms with Gasteiger partial charge in [-0.15, -0.1) is 0 Å². The van der Waals surface area contributed by atoms with E-state index in [1.807, 2.05) is 53.4 Å². The number of halogens is 1. The van der Waals surface area contributed by atoms with Crippen molar-refractivity contribution in [3.8, 4) is 0 Å². The topological polar surface area (TPSA) is 76.3 Å². The lowest BCUT2D eigenvalue weighted by Crippen LogP contribution is -2.48. The lowest BCUT2D eigenvalue weighted by Gasteiger charge is -2.43. The fraction of sp³-hybridized carbons (Fsp3) is 0.357. The van der Waals surface area contributed by atoms with Crippen LogP contribution in [-0.4, -0.2) is 45.4 Å². The maximum atomic E-state index is 13.6. The first-order chi connectivity index (χ1) is 16.9. The Kier molecular flexibility index (Phi) is 8.37. The summed E-state index contributed by atoms with van der Waals surface area (Å²) >= 11 is 6.28. The number of hydrogen-bond donors (Lipinski definition) is 1. The molecular formula is C28H32ClN3O2S. The van der Waals surface area contributed by atoms with Crippen LogP contribution in [0.15, 0.2) is 78.0 Å². The molecule has 1 amide bonds. The molecule has 1 atom stereocenters. The number of pyridine rings is 1. The fourth-order valence-electron chi connectivity index (χ4n) is 5.13. The molecule has 2 N–H and O–H groups in total. The van der Waals surface area contributed by atoms with Gasteiger partial charge in [0.25, 0.3) is 5.91 Å². The standard InChI is InChI=1S/C28H32ClN3O2S/c1-35(34)26-9-2-5-21(17-26)12-16-32(27(33)22-6-4-15-31-19-22)25-10-13-28(20-30,14-11-25)23-7-3-8-24(29)18-23/h2-9,15,17-19,25H,10-14,16,20,30H2,1H3. The van der Waals surface area contributed by atoms with E-state index < -0.39 is 10.8 Å². The normalized spacial score (nSPS) is 20.8. The lowest BCUT2D eigenvalue weighted by atomic mass is 9.68. The molecular weight excluding hydrogens is 478 g/mol. The van der Waals surface area contributed by atoms with Crippen LogP contribution in [0.1, 0.15) is 47.2 Å². The molecule has 1 aromatic heterocycles. The highest BCUT2D eigenvalue weighted by atomic mass is 35.5. The summed E-state index contributed by atoms with van der Waals surface area (Å²) in [5.41, 5.74) is 9.04. The summed E-state index contributed by atoms with van der Waals surface area (Å²) in [6.07, 6.45) is 9.23. The quantitative estimate of drug-likeness (QED) is 0.463. The van der Waals surface area contributed by atoms with E-state index in [2.05, 4.69) is 11.1 Å². The molecule has 2 aromatic carbocycles. The zero-order valence-corrected chi connectivity index (χ0v) is 21.6. The number of nitrogens with zero attached hydrogens (tertiary/aromatic N) is 2. The summed E-state index contributed by atoms with van der Waals surface area (Å²) in [5.74, 6) is 0.00123. The van der Waals surface area contributed by atoms with E-state index in [0.717, 1.165) is 41.2 Å². The van der Waals surface area contributed by atoms with Gasteiger partial charge < -0.3 is 10.6 Å². The third-order valence-corrected chi connectivity index (χ3v) is 8.37. The Labute approximate surface area is 215 Å². The Morgan fingerprint density at radius 3 is 2.57 bits per heavy atom. The van der Waals surface area contributed by atoms with Crippen LogP contribution in [0.25, 0.3) is 0 Å². The van der Waals surface area contributed by atoms with E-state index in [9.17, 15) is 9.00 Å². The predicted octanol–water partition coefficient (Wildman–Crippen LogP) is 5.00. The van der Waals surface area contributed by atoms with Crippen LogP contribution < -0.4 is 5.73 Å². The molecule has 1 fully saturated rings. The largest absolute Gasteiger partial charge is 0.335 e. The molecule has 3 aromatic rings. The van der Waals surface area contributed by atoms with E-state index in [0.29, 0.717) is 25.1 Å².